The molecule has 0 aliphatic carbocycles. The van der Waals surface area contributed by atoms with Crippen molar-refractivity contribution in [2.45, 2.75) is 20.8 Å². The molecule has 5 nitrogen and oxygen atoms in total. The van der Waals surface area contributed by atoms with E-state index in [2.05, 4.69) is 5.32 Å². The monoisotopic (exact) mass is 284 g/mol. The molecule has 21 heavy (non-hydrogen) atoms. The van der Waals surface area contributed by atoms with E-state index in [1.54, 1.807) is 31.2 Å². The number of hydrogen-bond donors (Lipinski definition) is 1. The van der Waals surface area contributed by atoms with Crippen LogP contribution in [0.25, 0.3) is 0 Å². The Morgan fingerprint density at radius 2 is 1.71 bits per heavy atom. The topological polar surface area (TPSA) is 72.2 Å². The van der Waals surface area contributed by atoms with E-state index >= 15 is 0 Å². The van der Waals surface area contributed by atoms with Gasteiger partial charge in [-0.25, -0.2) is 0 Å². The Bertz CT molecular complexity index is 703. The number of nitro groups is 1. The van der Waals surface area contributed by atoms with Crippen LogP contribution in [-0.2, 0) is 0 Å². The average molecular weight is 284 g/mol. The Balaban J connectivity index is 2.32. The average Bonchev–Trinajstić information content (AvgIpc) is 2.39. The predicted octanol–water partition coefficient (Wildman–Crippen LogP) is 3.77. The molecule has 2 aromatic carbocycles. The zero-order chi connectivity index (χ0) is 15.6. The lowest BCUT2D eigenvalue weighted by atomic mass is 10.1. The van der Waals surface area contributed by atoms with Crippen molar-refractivity contribution in [3.63, 3.8) is 0 Å². The van der Waals surface area contributed by atoms with Crippen LogP contribution in [-0.4, -0.2) is 10.8 Å². The van der Waals surface area contributed by atoms with Crippen molar-refractivity contribution in [1.29, 1.82) is 0 Å². The van der Waals surface area contributed by atoms with Gasteiger partial charge in [0.05, 0.1) is 16.2 Å². The van der Waals surface area contributed by atoms with Crippen molar-refractivity contribution < 1.29 is 9.72 Å². The summed E-state index contributed by atoms with van der Waals surface area (Å²) in [5, 5.41) is 13.6. The summed E-state index contributed by atoms with van der Waals surface area (Å²) in [5.41, 5.74) is 3.42. The van der Waals surface area contributed by atoms with Gasteiger partial charge >= 0.3 is 0 Å². The summed E-state index contributed by atoms with van der Waals surface area (Å²) >= 11 is 0. The predicted molar refractivity (Wildman–Crippen MR) is 81.7 cm³/mol. The summed E-state index contributed by atoms with van der Waals surface area (Å²) in [6, 6.07) is 10.2. The molecule has 108 valence electrons. The first-order valence-corrected chi connectivity index (χ1v) is 6.52. The first-order chi connectivity index (χ1) is 9.88. The van der Waals surface area contributed by atoms with Crippen LogP contribution in [0.4, 0.5) is 11.4 Å². The van der Waals surface area contributed by atoms with Gasteiger partial charge in [0.25, 0.3) is 11.6 Å². The van der Waals surface area contributed by atoms with Gasteiger partial charge in [0.1, 0.15) is 0 Å². The smallest absolute Gasteiger partial charge is 0.274 e. The highest BCUT2D eigenvalue weighted by atomic mass is 16.6. The lowest BCUT2D eigenvalue weighted by Crippen LogP contribution is -2.13. The Morgan fingerprint density at radius 1 is 1.10 bits per heavy atom. The Labute approximate surface area is 122 Å². The zero-order valence-electron chi connectivity index (χ0n) is 12.1. The fourth-order valence-corrected chi connectivity index (χ4v) is 2.26. The molecular weight excluding hydrogens is 268 g/mol. The van der Waals surface area contributed by atoms with Crippen molar-refractivity contribution in [3.8, 4) is 0 Å². The van der Waals surface area contributed by atoms with Crippen molar-refractivity contribution >= 4 is 17.3 Å². The number of carbonyl (C=O) groups excluding carboxylic acids is 1. The Kier molecular flexibility index (Phi) is 4.03. The minimum absolute atomic E-state index is 0.00628. The molecule has 0 unspecified atom stereocenters. The second-order valence-corrected chi connectivity index (χ2v) is 5.04. The van der Waals surface area contributed by atoms with Crippen LogP contribution in [0.15, 0.2) is 36.4 Å². The summed E-state index contributed by atoms with van der Waals surface area (Å²) in [6.07, 6.45) is 0. The fourth-order valence-electron chi connectivity index (χ4n) is 2.26. The summed E-state index contributed by atoms with van der Waals surface area (Å²) in [4.78, 5) is 22.7. The summed E-state index contributed by atoms with van der Waals surface area (Å²) in [7, 11) is 0. The quantitative estimate of drug-likeness (QED) is 0.688. The van der Waals surface area contributed by atoms with Crippen LogP contribution in [0.3, 0.4) is 0 Å². The minimum atomic E-state index is -0.457. The maximum Gasteiger partial charge on any atom is 0.274 e. The summed E-state index contributed by atoms with van der Waals surface area (Å²) < 4.78 is 0. The van der Waals surface area contributed by atoms with E-state index in [-0.39, 0.29) is 11.6 Å². The number of hydrogen-bond acceptors (Lipinski definition) is 3. The van der Waals surface area contributed by atoms with Crippen LogP contribution in [0.1, 0.15) is 27.0 Å². The van der Waals surface area contributed by atoms with Gasteiger partial charge in [0.2, 0.25) is 0 Å². The molecule has 1 N–H and O–H groups in total. The maximum atomic E-state index is 12.3. The standard InChI is InChI=1S/C16H16N2O3/c1-10-7-11(2)9-13(8-10)16(19)17-14-5-4-6-15(12(14)3)18(20)21/h4-9H,1-3H3,(H,17,19). The molecule has 2 aromatic rings. The van der Waals surface area contributed by atoms with E-state index in [1.807, 2.05) is 19.9 Å². The van der Waals surface area contributed by atoms with Crippen molar-refractivity contribution in [2.24, 2.45) is 0 Å². The summed E-state index contributed by atoms with van der Waals surface area (Å²) in [5.74, 6) is -0.273. The zero-order valence-corrected chi connectivity index (χ0v) is 12.1. The third-order valence-electron chi connectivity index (χ3n) is 3.23. The highest BCUT2D eigenvalue weighted by Gasteiger charge is 2.15. The second kappa shape index (κ2) is 5.75. The molecule has 0 aliphatic heterocycles. The number of carbonyl (C=O) groups is 1. The normalized spacial score (nSPS) is 10.2. The minimum Gasteiger partial charge on any atom is -0.321 e. The van der Waals surface area contributed by atoms with Crippen LogP contribution >= 0.6 is 0 Å². The number of nitro benzene ring substituents is 1. The molecule has 5 heteroatoms. The van der Waals surface area contributed by atoms with Crippen LogP contribution in [0.2, 0.25) is 0 Å². The molecular formula is C16H16N2O3. The van der Waals surface area contributed by atoms with Gasteiger partial charge in [-0.2, -0.15) is 0 Å². The number of rotatable bonds is 3. The molecule has 0 aromatic heterocycles. The van der Waals surface area contributed by atoms with Crippen LogP contribution in [0.5, 0.6) is 0 Å². The molecule has 0 heterocycles. The number of benzene rings is 2. The molecule has 2 rings (SSSR count). The Hall–Kier alpha value is -2.69. The van der Waals surface area contributed by atoms with E-state index in [9.17, 15) is 14.9 Å². The number of amides is 1. The van der Waals surface area contributed by atoms with Gasteiger partial charge < -0.3 is 5.32 Å². The van der Waals surface area contributed by atoms with Gasteiger partial charge in [-0.3, -0.25) is 14.9 Å². The van der Waals surface area contributed by atoms with Gasteiger partial charge in [0.15, 0.2) is 0 Å². The third kappa shape index (κ3) is 3.25. The lowest BCUT2D eigenvalue weighted by Gasteiger charge is -2.09. The number of anilines is 1. The molecule has 0 bridgehead atoms. The first-order valence-electron chi connectivity index (χ1n) is 6.52. The molecule has 0 atom stereocenters. The SMILES string of the molecule is Cc1cc(C)cc(C(=O)Nc2cccc([N+](=O)[O-])c2C)c1. The van der Waals surface area contributed by atoms with Crippen molar-refractivity contribution in [2.75, 3.05) is 5.32 Å². The second-order valence-electron chi connectivity index (χ2n) is 5.04. The van der Waals surface area contributed by atoms with Gasteiger partial charge in [0, 0.05) is 11.6 Å². The van der Waals surface area contributed by atoms with E-state index in [4.69, 9.17) is 0 Å². The molecule has 0 aliphatic rings. The number of nitrogens with one attached hydrogen (secondary N) is 1. The Morgan fingerprint density at radius 3 is 2.29 bits per heavy atom. The third-order valence-corrected chi connectivity index (χ3v) is 3.23. The van der Waals surface area contributed by atoms with Gasteiger partial charge in [-0.05, 0) is 39.0 Å². The highest BCUT2D eigenvalue weighted by Crippen LogP contribution is 2.25. The molecule has 0 radical (unpaired) electrons. The largest absolute Gasteiger partial charge is 0.321 e. The molecule has 0 saturated carbocycles. The van der Waals surface area contributed by atoms with Crippen LogP contribution in [0, 0.1) is 30.9 Å². The van der Waals surface area contributed by atoms with E-state index in [1.165, 1.54) is 6.07 Å². The first kappa shape index (κ1) is 14.7. The van der Waals surface area contributed by atoms with E-state index < -0.39 is 4.92 Å². The maximum absolute atomic E-state index is 12.3. The van der Waals surface area contributed by atoms with Crippen molar-refractivity contribution in [3.05, 3.63) is 68.8 Å². The molecule has 1 amide bonds. The number of nitrogens with zero attached hydrogens (tertiary/aromatic N) is 1. The van der Waals surface area contributed by atoms with Gasteiger partial charge in [-0.15, -0.1) is 0 Å². The molecule has 0 fully saturated rings. The molecule has 0 saturated heterocycles. The van der Waals surface area contributed by atoms with E-state index in [0.717, 1.165) is 11.1 Å². The fraction of sp³-hybridized carbons (Fsp3) is 0.188. The summed E-state index contributed by atoms with van der Waals surface area (Å²) in [6.45, 7) is 5.46. The van der Waals surface area contributed by atoms with Crippen LogP contribution < -0.4 is 5.32 Å². The molecule has 0 spiro atoms. The van der Waals surface area contributed by atoms with E-state index in [0.29, 0.717) is 16.8 Å². The van der Waals surface area contributed by atoms with Crippen molar-refractivity contribution in [1.82, 2.24) is 0 Å². The lowest BCUT2D eigenvalue weighted by molar-refractivity contribution is -0.385. The number of aryl methyl sites for hydroxylation is 2. The highest BCUT2D eigenvalue weighted by molar-refractivity contribution is 6.05. The van der Waals surface area contributed by atoms with Gasteiger partial charge in [-0.1, -0.05) is 23.3 Å².